The quantitative estimate of drug-likeness (QED) is 0.307. The maximum absolute atomic E-state index is 13.5. The van der Waals surface area contributed by atoms with Crippen LogP contribution in [0.25, 0.3) is 0 Å². The highest BCUT2D eigenvalue weighted by Crippen LogP contribution is 2.51. The van der Waals surface area contributed by atoms with Crippen molar-refractivity contribution in [2.75, 3.05) is 24.6 Å². The Bertz CT molecular complexity index is 1770. The average Bonchev–Trinajstić information content (AvgIpc) is 3.19. The topological polar surface area (TPSA) is 109 Å². The molecule has 1 spiro atoms. The van der Waals surface area contributed by atoms with Gasteiger partial charge in [0.2, 0.25) is 10.0 Å². The van der Waals surface area contributed by atoms with Crippen molar-refractivity contribution >= 4 is 33.2 Å². The fraction of sp³-hybridized carbons (Fsp3) is 0.514. The first-order valence-electron chi connectivity index (χ1n) is 17.0. The summed E-state index contributed by atoms with van der Waals surface area (Å²) in [6.45, 7) is 5.35. The highest BCUT2D eigenvalue weighted by Gasteiger charge is 2.50. The number of rotatable bonds is 1. The van der Waals surface area contributed by atoms with Crippen molar-refractivity contribution in [3.63, 3.8) is 0 Å². The molecule has 2 bridgehead atoms. The van der Waals surface area contributed by atoms with Crippen molar-refractivity contribution in [3.8, 4) is 5.75 Å². The van der Waals surface area contributed by atoms with E-state index in [2.05, 4.69) is 26.7 Å². The number of aryl methyl sites for hydroxylation is 1. The van der Waals surface area contributed by atoms with Gasteiger partial charge in [0.1, 0.15) is 11.4 Å². The average molecular weight is 678 g/mol. The molecule has 2 N–H and O–H groups in total. The number of sulfonamides is 1. The molecule has 0 saturated heterocycles. The molecular formula is C37H44ClN3O5S. The van der Waals surface area contributed by atoms with Crippen LogP contribution in [0.15, 0.2) is 60.8 Å². The zero-order valence-electron chi connectivity index (χ0n) is 27.1. The number of ether oxygens (including phenoxy) is 1. The molecule has 0 unspecified atom stereocenters. The zero-order chi connectivity index (χ0) is 33.0. The first kappa shape index (κ1) is 32.4. The summed E-state index contributed by atoms with van der Waals surface area (Å²) >= 11 is 6.44. The summed E-state index contributed by atoms with van der Waals surface area (Å²) in [5.74, 6) is -0.0312. The van der Waals surface area contributed by atoms with Gasteiger partial charge < -0.3 is 14.7 Å². The van der Waals surface area contributed by atoms with Gasteiger partial charge in [-0.05, 0) is 130 Å². The van der Waals surface area contributed by atoms with E-state index in [1.165, 1.54) is 11.1 Å². The maximum atomic E-state index is 13.5. The van der Waals surface area contributed by atoms with Gasteiger partial charge in [-0.2, -0.15) is 0 Å². The minimum atomic E-state index is -3.96. The van der Waals surface area contributed by atoms with Gasteiger partial charge in [0.15, 0.2) is 0 Å². The van der Waals surface area contributed by atoms with E-state index in [9.17, 15) is 18.3 Å². The molecule has 47 heavy (non-hydrogen) atoms. The molecule has 7 rings (SSSR count). The van der Waals surface area contributed by atoms with Crippen molar-refractivity contribution in [2.45, 2.75) is 81.5 Å². The van der Waals surface area contributed by atoms with Gasteiger partial charge in [-0.3, -0.25) is 9.78 Å². The number of amides is 1. The Hall–Kier alpha value is -3.14. The number of carbonyl (C=O) groups is 1. The molecule has 250 valence electrons. The molecule has 1 amide bonds. The zero-order valence-corrected chi connectivity index (χ0v) is 28.7. The van der Waals surface area contributed by atoms with Crippen LogP contribution in [-0.2, 0) is 27.5 Å². The Morgan fingerprint density at radius 3 is 2.66 bits per heavy atom. The van der Waals surface area contributed by atoms with Crippen molar-refractivity contribution in [3.05, 3.63) is 88.2 Å². The van der Waals surface area contributed by atoms with Crippen molar-refractivity contribution in [1.82, 2.24) is 9.71 Å². The number of aliphatic hydroxyl groups is 1. The highest BCUT2D eigenvalue weighted by molar-refractivity contribution is 7.90. The number of nitrogens with zero attached hydrogens (tertiary/aromatic N) is 2. The van der Waals surface area contributed by atoms with E-state index < -0.39 is 26.8 Å². The van der Waals surface area contributed by atoms with Gasteiger partial charge in [-0.1, -0.05) is 30.7 Å². The lowest BCUT2D eigenvalue weighted by molar-refractivity contribution is -0.0979. The van der Waals surface area contributed by atoms with Gasteiger partial charge in [-0.25, -0.2) is 13.1 Å². The SMILES string of the molecule is C[C@@H]1[C@@H](C)CCC[C@@](O)(c2ccccn2)[C@@H]2CC[C@H]2CN2C[C@@]3(CCCc4cc(Cl)ccc43)COc3ccc(cc32)C(=O)NS1(=O)=O. The third-order valence-electron chi connectivity index (χ3n) is 11.6. The Morgan fingerprint density at radius 1 is 1.04 bits per heavy atom. The smallest absolute Gasteiger partial charge is 0.264 e. The fourth-order valence-corrected chi connectivity index (χ4v) is 10.1. The third-order valence-corrected chi connectivity index (χ3v) is 13.8. The van der Waals surface area contributed by atoms with E-state index in [0.717, 1.165) is 42.8 Å². The normalized spacial score (nSPS) is 32.2. The number of hydrogen-bond acceptors (Lipinski definition) is 7. The number of hydrogen-bond donors (Lipinski definition) is 2. The number of anilines is 1. The number of aromatic nitrogens is 1. The second-order valence-corrected chi connectivity index (χ2v) is 16.9. The molecule has 1 fully saturated rings. The second kappa shape index (κ2) is 12.4. The van der Waals surface area contributed by atoms with Crippen molar-refractivity contribution in [1.29, 1.82) is 0 Å². The van der Waals surface area contributed by atoms with E-state index >= 15 is 0 Å². The van der Waals surface area contributed by atoms with Crippen LogP contribution in [0.5, 0.6) is 5.75 Å². The summed E-state index contributed by atoms with van der Waals surface area (Å²) in [6, 6.07) is 17.1. The molecule has 1 aromatic heterocycles. The van der Waals surface area contributed by atoms with E-state index in [-0.39, 0.29) is 28.7 Å². The number of nitrogens with one attached hydrogen (secondary N) is 1. The standard InChI is InChI=1S/C37H44ClN3O5S/c1-24-7-5-17-37(43,34-9-3-4-18-39-34)31-13-10-28(31)21-41-22-36(16-6-8-26-19-29(38)12-14-30(26)36)23-46-33-15-11-27(20-32(33)41)35(42)40-47(44,45)25(24)2/h3-4,9,11-12,14-15,18-20,24-25,28,31,43H,5-8,10,13,16-17,21-23H2,1-2H3,(H,40,42)/t24-,25+,28-,31+,36-,37-/m0/s1. The third kappa shape index (κ3) is 5.93. The number of carbonyl (C=O) groups excluding carboxylic acids is 1. The van der Waals surface area contributed by atoms with E-state index in [0.29, 0.717) is 50.4 Å². The first-order valence-corrected chi connectivity index (χ1v) is 18.9. The van der Waals surface area contributed by atoms with Crippen LogP contribution >= 0.6 is 11.6 Å². The lowest BCUT2D eigenvalue weighted by Gasteiger charge is -2.50. The van der Waals surface area contributed by atoms with Gasteiger partial charge in [0, 0.05) is 35.3 Å². The molecule has 3 heterocycles. The van der Waals surface area contributed by atoms with Crippen molar-refractivity contribution in [2.24, 2.45) is 17.8 Å². The first-order chi connectivity index (χ1) is 22.5. The van der Waals surface area contributed by atoms with E-state index in [1.54, 1.807) is 31.3 Å². The predicted molar refractivity (Wildman–Crippen MR) is 183 cm³/mol. The molecular weight excluding hydrogens is 634 g/mol. The Kier molecular flexibility index (Phi) is 8.54. The molecule has 4 aliphatic rings. The number of halogens is 1. The predicted octanol–water partition coefficient (Wildman–Crippen LogP) is 6.39. The molecule has 2 aromatic carbocycles. The summed E-state index contributed by atoms with van der Waals surface area (Å²) in [6.07, 6.45) is 8.21. The van der Waals surface area contributed by atoms with E-state index in [4.69, 9.17) is 16.3 Å². The van der Waals surface area contributed by atoms with Crippen LogP contribution < -0.4 is 14.4 Å². The van der Waals surface area contributed by atoms with Crippen LogP contribution in [0.1, 0.15) is 86.0 Å². The molecule has 0 radical (unpaired) electrons. The molecule has 10 heteroatoms. The summed E-state index contributed by atoms with van der Waals surface area (Å²) in [5.41, 5.74) is 2.77. The summed E-state index contributed by atoms with van der Waals surface area (Å²) in [5, 5.41) is 12.5. The van der Waals surface area contributed by atoms with Gasteiger partial charge in [0.05, 0.1) is 23.2 Å². The van der Waals surface area contributed by atoms with Gasteiger partial charge >= 0.3 is 0 Å². The number of benzene rings is 2. The van der Waals surface area contributed by atoms with Gasteiger partial charge in [0.25, 0.3) is 5.91 Å². The highest BCUT2D eigenvalue weighted by atomic mass is 35.5. The molecule has 6 atom stereocenters. The van der Waals surface area contributed by atoms with Crippen LogP contribution in [0.3, 0.4) is 0 Å². The molecule has 2 aliphatic heterocycles. The van der Waals surface area contributed by atoms with Crippen LogP contribution in [-0.4, -0.2) is 49.4 Å². The van der Waals surface area contributed by atoms with Gasteiger partial charge in [-0.15, -0.1) is 0 Å². The summed E-state index contributed by atoms with van der Waals surface area (Å²) in [7, 11) is -3.96. The lowest BCUT2D eigenvalue weighted by Crippen LogP contribution is -2.52. The maximum Gasteiger partial charge on any atom is 0.264 e. The summed E-state index contributed by atoms with van der Waals surface area (Å²) in [4.78, 5) is 20.5. The second-order valence-electron chi connectivity index (χ2n) is 14.4. The number of pyridine rings is 1. The van der Waals surface area contributed by atoms with Crippen LogP contribution in [0.2, 0.25) is 5.02 Å². The molecule has 1 saturated carbocycles. The minimum Gasteiger partial charge on any atom is -0.490 e. The van der Waals surface area contributed by atoms with Crippen molar-refractivity contribution < 1.29 is 23.1 Å². The Balaban J connectivity index is 1.33. The largest absolute Gasteiger partial charge is 0.490 e. The fourth-order valence-electron chi connectivity index (χ4n) is 8.59. The monoisotopic (exact) mass is 677 g/mol. The lowest BCUT2D eigenvalue weighted by atomic mass is 9.61. The number of fused-ring (bicyclic) bond motifs is 4. The van der Waals surface area contributed by atoms with E-state index in [1.807, 2.05) is 31.2 Å². The molecule has 2 aliphatic carbocycles. The summed E-state index contributed by atoms with van der Waals surface area (Å²) < 4.78 is 35.8. The molecule has 3 aromatic rings. The molecule has 8 nitrogen and oxygen atoms in total. The minimum absolute atomic E-state index is 0.0192. The van der Waals surface area contributed by atoms with Crippen LogP contribution in [0.4, 0.5) is 5.69 Å². The van der Waals surface area contributed by atoms with Crippen LogP contribution in [0, 0.1) is 17.8 Å². The Morgan fingerprint density at radius 2 is 1.89 bits per heavy atom. The Labute approximate surface area is 282 Å².